The summed E-state index contributed by atoms with van der Waals surface area (Å²) in [5.74, 6) is 0. The maximum atomic E-state index is 3.49. The zero-order chi connectivity index (χ0) is 14.5. The topological polar surface area (TPSA) is 18.5 Å². The van der Waals surface area contributed by atoms with Crippen LogP contribution in [0.3, 0.4) is 0 Å². The minimum Gasteiger partial charge on any atom is -0.378 e. The van der Waals surface area contributed by atoms with Crippen molar-refractivity contribution in [1.29, 1.82) is 0 Å². The smallest absolute Gasteiger partial charge is 0.0361 e. The van der Waals surface area contributed by atoms with Gasteiger partial charge in [-0.25, -0.2) is 0 Å². The summed E-state index contributed by atoms with van der Waals surface area (Å²) in [7, 11) is 4.18. The summed E-state index contributed by atoms with van der Waals surface area (Å²) < 4.78 is 0. The highest BCUT2D eigenvalue weighted by Crippen LogP contribution is 2.26. The van der Waals surface area contributed by atoms with E-state index in [4.69, 9.17) is 0 Å². The van der Waals surface area contributed by atoms with Crippen LogP contribution in [0.2, 0.25) is 0 Å². The van der Waals surface area contributed by atoms with Crippen molar-refractivity contribution < 1.29 is 0 Å². The quantitative estimate of drug-likeness (QED) is 0.861. The molecule has 0 radical (unpaired) electrons. The molecule has 3 nitrogen and oxygen atoms in total. The van der Waals surface area contributed by atoms with Crippen molar-refractivity contribution in [3.8, 4) is 0 Å². The van der Waals surface area contributed by atoms with Crippen molar-refractivity contribution >= 4 is 5.69 Å². The first-order chi connectivity index (χ1) is 9.63. The predicted octanol–water partition coefficient (Wildman–Crippen LogP) is 2.89. The molecule has 2 rings (SSSR count). The van der Waals surface area contributed by atoms with Gasteiger partial charge in [-0.3, -0.25) is 4.90 Å². The minimum atomic E-state index is 0.496. The van der Waals surface area contributed by atoms with E-state index in [1.165, 1.54) is 30.6 Å². The molecule has 2 atom stereocenters. The molecular weight excluding hydrogens is 246 g/mol. The van der Waals surface area contributed by atoms with E-state index in [1.807, 2.05) is 0 Å². The van der Waals surface area contributed by atoms with Gasteiger partial charge in [0.05, 0.1) is 0 Å². The molecule has 1 heterocycles. The molecule has 1 N–H and O–H groups in total. The SMILES string of the molecule is CCCN(C1CCNC1)C(C)c1ccc(N(C)C)cc1. The molecule has 1 aliphatic rings. The zero-order valence-corrected chi connectivity index (χ0v) is 13.4. The summed E-state index contributed by atoms with van der Waals surface area (Å²) in [5, 5.41) is 3.49. The third kappa shape index (κ3) is 3.53. The van der Waals surface area contributed by atoms with Crippen molar-refractivity contribution in [2.75, 3.05) is 38.6 Å². The molecule has 0 aromatic heterocycles. The van der Waals surface area contributed by atoms with Crippen LogP contribution in [-0.2, 0) is 0 Å². The van der Waals surface area contributed by atoms with Gasteiger partial charge in [0.1, 0.15) is 0 Å². The number of hydrogen-bond donors (Lipinski definition) is 1. The molecule has 1 aromatic carbocycles. The van der Waals surface area contributed by atoms with Gasteiger partial charge in [-0.05, 0) is 50.6 Å². The molecule has 0 saturated carbocycles. The summed E-state index contributed by atoms with van der Waals surface area (Å²) in [6.45, 7) is 8.11. The summed E-state index contributed by atoms with van der Waals surface area (Å²) >= 11 is 0. The lowest BCUT2D eigenvalue weighted by molar-refractivity contribution is 0.153. The summed E-state index contributed by atoms with van der Waals surface area (Å²) in [4.78, 5) is 4.82. The minimum absolute atomic E-state index is 0.496. The van der Waals surface area contributed by atoms with Crippen LogP contribution >= 0.6 is 0 Å². The Kier molecular flexibility index (Phi) is 5.44. The normalized spacial score (nSPS) is 20.4. The molecule has 1 aromatic rings. The van der Waals surface area contributed by atoms with Crippen LogP contribution in [0.5, 0.6) is 0 Å². The third-order valence-electron chi connectivity index (χ3n) is 4.37. The van der Waals surface area contributed by atoms with Crippen molar-refractivity contribution in [3.05, 3.63) is 29.8 Å². The van der Waals surface area contributed by atoms with Crippen LogP contribution in [-0.4, -0.2) is 44.7 Å². The number of nitrogens with zero attached hydrogens (tertiary/aromatic N) is 2. The van der Waals surface area contributed by atoms with Gasteiger partial charge in [0, 0.05) is 38.4 Å². The molecule has 0 aliphatic carbocycles. The Bertz CT molecular complexity index is 393. The Morgan fingerprint density at radius 3 is 2.45 bits per heavy atom. The molecule has 1 saturated heterocycles. The second-order valence-corrected chi connectivity index (χ2v) is 6.05. The Morgan fingerprint density at radius 2 is 1.95 bits per heavy atom. The Labute approximate surface area is 124 Å². The highest BCUT2D eigenvalue weighted by atomic mass is 15.2. The van der Waals surface area contributed by atoms with Gasteiger partial charge >= 0.3 is 0 Å². The van der Waals surface area contributed by atoms with Crippen LogP contribution in [0.25, 0.3) is 0 Å². The first-order valence-corrected chi connectivity index (χ1v) is 7.87. The van der Waals surface area contributed by atoms with Gasteiger partial charge in [-0.15, -0.1) is 0 Å². The van der Waals surface area contributed by atoms with E-state index in [0.717, 1.165) is 13.1 Å². The number of hydrogen-bond acceptors (Lipinski definition) is 3. The number of benzene rings is 1. The van der Waals surface area contributed by atoms with Gasteiger partial charge in [0.25, 0.3) is 0 Å². The van der Waals surface area contributed by atoms with Crippen molar-refractivity contribution in [2.24, 2.45) is 0 Å². The average molecular weight is 275 g/mol. The molecule has 0 amide bonds. The predicted molar refractivity (Wildman–Crippen MR) is 87.5 cm³/mol. The van der Waals surface area contributed by atoms with E-state index in [2.05, 4.69) is 67.3 Å². The monoisotopic (exact) mass is 275 g/mol. The van der Waals surface area contributed by atoms with E-state index < -0.39 is 0 Å². The fourth-order valence-electron chi connectivity index (χ4n) is 3.12. The van der Waals surface area contributed by atoms with E-state index in [1.54, 1.807) is 0 Å². The Morgan fingerprint density at radius 1 is 1.25 bits per heavy atom. The van der Waals surface area contributed by atoms with Crippen LogP contribution in [0.4, 0.5) is 5.69 Å². The molecule has 1 fully saturated rings. The number of anilines is 1. The molecule has 0 bridgehead atoms. The van der Waals surface area contributed by atoms with E-state index in [-0.39, 0.29) is 0 Å². The molecular formula is C17H29N3. The highest BCUT2D eigenvalue weighted by Gasteiger charge is 2.26. The first kappa shape index (κ1) is 15.3. The summed E-state index contributed by atoms with van der Waals surface area (Å²) in [6, 6.07) is 10.2. The molecule has 20 heavy (non-hydrogen) atoms. The van der Waals surface area contributed by atoms with E-state index >= 15 is 0 Å². The lowest BCUT2D eigenvalue weighted by Crippen LogP contribution is -2.39. The summed E-state index contributed by atoms with van der Waals surface area (Å²) in [6.07, 6.45) is 2.50. The second kappa shape index (κ2) is 7.09. The van der Waals surface area contributed by atoms with Crippen LogP contribution in [0, 0.1) is 0 Å². The highest BCUT2D eigenvalue weighted by molar-refractivity contribution is 5.46. The summed E-state index contributed by atoms with van der Waals surface area (Å²) in [5.41, 5.74) is 2.70. The fraction of sp³-hybridized carbons (Fsp3) is 0.647. The fourth-order valence-corrected chi connectivity index (χ4v) is 3.12. The van der Waals surface area contributed by atoms with Gasteiger partial charge in [-0.2, -0.15) is 0 Å². The maximum Gasteiger partial charge on any atom is 0.0361 e. The first-order valence-electron chi connectivity index (χ1n) is 7.87. The van der Waals surface area contributed by atoms with Gasteiger partial charge in [0.15, 0.2) is 0 Å². The van der Waals surface area contributed by atoms with Crippen LogP contribution in [0.15, 0.2) is 24.3 Å². The largest absolute Gasteiger partial charge is 0.378 e. The zero-order valence-electron chi connectivity index (χ0n) is 13.4. The van der Waals surface area contributed by atoms with E-state index in [0.29, 0.717) is 12.1 Å². The average Bonchev–Trinajstić information content (AvgIpc) is 2.98. The van der Waals surface area contributed by atoms with Crippen molar-refractivity contribution in [2.45, 2.75) is 38.8 Å². The van der Waals surface area contributed by atoms with Crippen LogP contribution < -0.4 is 10.2 Å². The van der Waals surface area contributed by atoms with Gasteiger partial charge in [-0.1, -0.05) is 19.1 Å². The van der Waals surface area contributed by atoms with Gasteiger partial charge in [0.2, 0.25) is 0 Å². The van der Waals surface area contributed by atoms with E-state index in [9.17, 15) is 0 Å². The second-order valence-electron chi connectivity index (χ2n) is 6.05. The standard InChI is InChI=1S/C17H29N3/c1-5-12-20(17-10-11-18-13-17)14(2)15-6-8-16(9-7-15)19(3)4/h6-9,14,17-18H,5,10-13H2,1-4H3. The molecule has 2 unspecified atom stereocenters. The van der Waals surface area contributed by atoms with Crippen molar-refractivity contribution in [1.82, 2.24) is 10.2 Å². The third-order valence-corrected chi connectivity index (χ3v) is 4.37. The molecule has 0 spiro atoms. The Balaban J connectivity index is 2.11. The molecule has 1 aliphatic heterocycles. The van der Waals surface area contributed by atoms with Crippen LogP contribution in [0.1, 0.15) is 38.3 Å². The number of rotatable bonds is 6. The lowest BCUT2D eigenvalue weighted by atomic mass is 10.0. The van der Waals surface area contributed by atoms with Crippen molar-refractivity contribution in [3.63, 3.8) is 0 Å². The maximum absolute atomic E-state index is 3.49. The molecule has 112 valence electrons. The van der Waals surface area contributed by atoms with Gasteiger partial charge < -0.3 is 10.2 Å². The Hall–Kier alpha value is -1.06. The lowest BCUT2D eigenvalue weighted by Gasteiger charge is -2.34. The number of nitrogens with one attached hydrogen (secondary N) is 1. The molecule has 3 heteroatoms.